The molecule has 7 nitrogen and oxygen atoms in total. The fourth-order valence-corrected chi connectivity index (χ4v) is 2.91. The summed E-state index contributed by atoms with van der Waals surface area (Å²) in [5.74, 6) is -0.0969. The number of nitro groups is 1. The van der Waals surface area contributed by atoms with Gasteiger partial charge in [-0.15, -0.1) is 0 Å². The number of nitrogens with zero attached hydrogens (tertiary/aromatic N) is 2. The van der Waals surface area contributed by atoms with E-state index in [2.05, 4.69) is 21.2 Å². The summed E-state index contributed by atoms with van der Waals surface area (Å²) >= 11 is 3.39. The first-order valence-electron chi connectivity index (χ1n) is 9.10. The summed E-state index contributed by atoms with van der Waals surface area (Å²) in [5, 5.41) is 22.8. The van der Waals surface area contributed by atoms with Crippen LogP contribution in [-0.4, -0.2) is 10.8 Å². The van der Waals surface area contributed by atoms with Crippen molar-refractivity contribution in [2.45, 2.75) is 6.61 Å². The monoisotopic (exact) mass is 477 g/mol. The molecule has 0 aliphatic carbocycles. The maximum Gasteiger partial charge on any atom is 0.269 e. The van der Waals surface area contributed by atoms with Crippen molar-refractivity contribution < 1.29 is 14.5 Å². The van der Waals surface area contributed by atoms with Gasteiger partial charge in [-0.1, -0.05) is 46.3 Å². The Balaban J connectivity index is 1.75. The molecule has 31 heavy (non-hydrogen) atoms. The molecule has 0 atom stereocenters. The van der Waals surface area contributed by atoms with Crippen LogP contribution < -0.4 is 10.1 Å². The molecule has 0 aliphatic heterocycles. The largest absolute Gasteiger partial charge is 0.488 e. The molecular weight excluding hydrogens is 462 g/mol. The van der Waals surface area contributed by atoms with Gasteiger partial charge in [0.1, 0.15) is 24.0 Å². The van der Waals surface area contributed by atoms with Crippen LogP contribution in [0.2, 0.25) is 0 Å². The maximum absolute atomic E-state index is 12.5. The van der Waals surface area contributed by atoms with Crippen LogP contribution in [0.4, 0.5) is 11.4 Å². The van der Waals surface area contributed by atoms with E-state index in [1.807, 2.05) is 30.3 Å². The number of ether oxygens (including phenoxy) is 1. The number of nitro benzene ring substituents is 1. The zero-order chi connectivity index (χ0) is 22.2. The number of non-ortho nitro benzene ring substituents is 1. The summed E-state index contributed by atoms with van der Waals surface area (Å²) in [6, 6.07) is 22.0. The van der Waals surface area contributed by atoms with Crippen LogP contribution >= 0.6 is 15.9 Å². The van der Waals surface area contributed by atoms with E-state index >= 15 is 0 Å². The van der Waals surface area contributed by atoms with Crippen molar-refractivity contribution in [2.75, 3.05) is 5.32 Å². The molecule has 0 spiro atoms. The van der Waals surface area contributed by atoms with E-state index in [9.17, 15) is 20.2 Å². The summed E-state index contributed by atoms with van der Waals surface area (Å²) in [6.07, 6.45) is 1.44. The van der Waals surface area contributed by atoms with Crippen molar-refractivity contribution in [2.24, 2.45) is 0 Å². The highest BCUT2D eigenvalue weighted by atomic mass is 79.9. The number of para-hydroxylation sites is 1. The van der Waals surface area contributed by atoms with Crippen LogP contribution in [0.3, 0.4) is 0 Å². The van der Waals surface area contributed by atoms with Crippen molar-refractivity contribution in [3.63, 3.8) is 0 Å². The molecule has 0 radical (unpaired) electrons. The number of hydrogen-bond donors (Lipinski definition) is 1. The molecular formula is C23H16BrN3O4. The number of halogens is 1. The molecule has 0 aliphatic rings. The lowest BCUT2D eigenvalue weighted by Crippen LogP contribution is -2.13. The van der Waals surface area contributed by atoms with E-state index in [1.54, 1.807) is 24.3 Å². The molecule has 0 fully saturated rings. The van der Waals surface area contributed by atoms with Crippen LogP contribution in [-0.2, 0) is 11.4 Å². The van der Waals surface area contributed by atoms with Gasteiger partial charge >= 0.3 is 0 Å². The Morgan fingerprint density at radius 1 is 1.10 bits per heavy atom. The van der Waals surface area contributed by atoms with Crippen LogP contribution in [0.25, 0.3) is 6.08 Å². The van der Waals surface area contributed by atoms with Crippen LogP contribution in [0, 0.1) is 21.4 Å². The number of carbonyl (C=O) groups is 1. The fraction of sp³-hybridized carbons (Fsp3) is 0.0435. The minimum atomic E-state index is -0.626. The molecule has 0 saturated carbocycles. The number of anilines is 1. The Morgan fingerprint density at radius 2 is 1.77 bits per heavy atom. The Morgan fingerprint density at radius 3 is 2.42 bits per heavy atom. The smallest absolute Gasteiger partial charge is 0.269 e. The van der Waals surface area contributed by atoms with Gasteiger partial charge in [-0.25, -0.2) is 0 Å². The minimum Gasteiger partial charge on any atom is -0.488 e. The van der Waals surface area contributed by atoms with Crippen LogP contribution in [0.15, 0.2) is 82.8 Å². The van der Waals surface area contributed by atoms with Gasteiger partial charge in [0.25, 0.3) is 11.6 Å². The Hall–Kier alpha value is -3.96. The van der Waals surface area contributed by atoms with E-state index in [1.165, 1.54) is 30.3 Å². The van der Waals surface area contributed by atoms with E-state index < -0.39 is 10.8 Å². The average molecular weight is 478 g/mol. The number of amides is 1. The fourth-order valence-electron chi connectivity index (χ4n) is 2.64. The number of carbonyl (C=O) groups excluding carboxylic acids is 1. The van der Waals surface area contributed by atoms with Crippen LogP contribution in [0.1, 0.15) is 11.1 Å². The standard InChI is InChI=1S/C23H16BrN3O4/c24-19-7-5-16(6-8-19)15-31-22-4-2-1-3-17(22)13-18(14-25)23(28)26-20-9-11-21(12-10-20)27(29)30/h1-13H,15H2,(H,26,28)/b18-13+. The van der Waals surface area contributed by atoms with E-state index in [0.717, 1.165) is 10.0 Å². The van der Waals surface area contributed by atoms with E-state index in [-0.39, 0.29) is 11.3 Å². The Labute approximate surface area is 186 Å². The lowest BCUT2D eigenvalue weighted by Gasteiger charge is -2.10. The number of nitrogens with one attached hydrogen (secondary N) is 1. The summed E-state index contributed by atoms with van der Waals surface area (Å²) in [7, 11) is 0. The molecule has 0 unspecified atom stereocenters. The number of hydrogen-bond acceptors (Lipinski definition) is 5. The highest BCUT2D eigenvalue weighted by molar-refractivity contribution is 9.10. The summed E-state index contributed by atoms with van der Waals surface area (Å²) in [5.41, 5.74) is 1.67. The van der Waals surface area contributed by atoms with Gasteiger partial charge in [-0.05, 0) is 42.0 Å². The lowest BCUT2D eigenvalue weighted by atomic mass is 10.1. The highest BCUT2D eigenvalue weighted by Gasteiger charge is 2.12. The third-order valence-corrected chi connectivity index (χ3v) is 4.76. The summed E-state index contributed by atoms with van der Waals surface area (Å²) < 4.78 is 6.85. The van der Waals surface area contributed by atoms with Crippen molar-refractivity contribution in [3.8, 4) is 11.8 Å². The van der Waals surface area contributed by atoms with Gasteiger partial charge < -0.3 is 10.1 Å². The number of rotatable bonds is 7. The van der Waals surface area contributed by atoms with Crippen molar-refractivity contribution >= 4 is 39.3 Å². The van der Waals surface area contributed by atoms with Gasteiger partial charge in [0.05, 0.1) is 4.92 Å². The SMILES string of the molecule is N#C/C(=C\c1ccccc1OCc1ccc(Br)cc1)C(=O)Nc1ccc([N+](=O)[O-])cc1. The van der Waals surface area contributed by atoms with Gasteiger partial charge in [0, 0.05) is 27.9 Å². The zero-order valence-electron chi connectivity index (χ0n) is 16.1. The average Bonchev–Trinajstić information content (AvgIpc) is 2.78. The summed E-state index contributed by atoms with van der Waals surface area (Å²) in [6.45, 7) is 0.328. The molecule has 0 heterocycles. The summed E-state index contributed by atoms with van der Waals surface area (Å²) in [4.78, 5) is 22.7. The van der Waals surface area contributed by atoms with Gasteiger partial charge in [0.15, 0.2) is 0 Å². The molecule has 0 aromatic heterocycles. The highest BCUT2D eigenvalue weighted by Crippen LogP contribution is 2.23. The normalized spacial score (nSPS) is 10.8. The first-order chi connectivity index (χ1) is 15.0. The first kappa shape index (κ1) is 21.7. The molecule has 0 bridgehead atoms. The van der Waals surface area contributed by atoms with Gasteiger partial charge in [0.2, 0.25) is 0 Å². The lowest BCUT2D eigenvalue weighted by molar-refractivity contribution is -0.384. The second kappa shape index (κ2) is 10.2. The molecule has 3 rings (SSSR count). The third-order valence-electron chi connectivity index (χ3n) is 4.23. The molecule has 8 heteroatoms. The molecule has 1 N–H and O–H groups in total. The Bertz CT molecular complexity index is 1170. The minimum absolute atomic E-state index is 0.0918. The predicted molar refractivity (Wildman–Crippen MR) is 120 cm³/mol. The molecule has 0 saturated heterocycles. The maximum atomic E-state index is 12.5. The number of benzene rings is 3. The molecule has 154 valence electrons. The Kier molecular flexibility index (Phi) is 7.14. The van der Waals surface area contributed by atoms with Gasteiger partial charge in [-0.2, -0.15) is 5.26 Å². The quantitative estimate of drug-likeness (QED) is 0.210. The third kappa shape index (κ3) is 6.01. The molecule has 1 amide bonds. The van der Waals surface area contributed by atoms with Gasteiger partial charge in [-0.3, -0.25) is 14.9 Å². The zero-order valence-corrected chi connectivity index (χ0v) is 17.7. The van der Waals surface area contributed by atoms with E-state index in [4.69, 9.17) is 4.74 Å². The van der Waals surface area contributed by atoms with E-state index in [0.29, 0.717) is 23.6 Å². The molecule has 3 aromatic carbocycles. The van der Waals surface area contributed by atoms with Crippen LogP contribution in [0.5, 0.6) is 5.75 Å². The van der Waals surface area contributed by atoms with Crippen molar-refractivity contribution in [1.82, 2.24) is 0 Å². The second-order valence-electron chi connectivity index (χ2n) is 6.38. The van der Waals surface area contributed by atoms with Crippen molar-refractivity contribution in [1.29, 1.82) is 5.26 Å². The first-order valence-corrected chi connectivity index (χ1v) is 9.89. The number of nitriles is 1. The second-order valence-corrected chi connectivity index (χ2v) is 7.30. The van der Waals surface area contributed by atoms with Crippen molar-refractivity contribution in [3.05, 3.63) is 104 Å². The predicted octanol–water partition coefficient (Wildman–Crippen LogP) is 5.48. The molecule has 3 aromatic rings. The topological polar surface area (TPSA) is 105 Å².